The zero-order chi connectivity index (χ0) is 22.6. The maximum Gasteiger partial charge on any atom is 0.238 e. The molecule has 2 aromatic rings. The average Bonchev–Trinajstić information content (AvgIpc) is 3.14. The van der Waals surface area contributed by atoms with Crippen molar-refractivity contribution in [1.82, 2.24) is 9.97 Å². The molecule has 0 aliphatic carbocycles. The van der Waals surface area contributed by atoms with E-state index in [-0.39, 0.29) is 18.6 Å². The van der Waals surface area contributed by atoms with E-state index >= 15 is 0 Å². The lowest BCUT2D eigenvalue weighted by molar-refractivity contribution is 0.0268. The van der Waals surface area contributed by atoms with Gasteiger partial charge < -0.3 is 19.5 Å². The molecule has 0 spiro atoms. The molecular weight excluding hydrogens is 414 g/mol. The maximum absolute atomic E-state index is 9.87. The Morgan fingerprint density at radius 2 is 2.03 bits per heavy atom. The highest BCUT2D eigenvalue weighted by molar-refractivity contribution is 6.34. The van der Waals surface area contributed by atoms with Crippen molar-refractivity contribution in [1.29, 1.82) is 0 Å². The minimum Gasteiger partial charge on any atom is -0.489 e. The summed E-state index contributed by atoms with van der Waals surface area (Å²) in [6.07, 6.45) is 3.33. The zero-order valence-corrected chi connectivity index (χ0v) is 19.5. The van der Waals surface area contributed by atoms with Gasteiger partial charge in [0, 0.05) is 13.0 Å². The van der Waals surface area contributed by atoms with E-state index in [4.69, 9.17) is 21.1 Å². The molecule has 0 radical (unpaired) electrons. The molecule has 2 atom stereocenters. The van der Waals surface area contributed by atoms with Gasteiger partial charge in [-0.25, -0.2) is 9.97 Å². The number of rotatable bonds is 9. The van der Waals surface area contributed by atoms with E-state index in [1.54, 1.807) is 13.8 Å². The number of hydrogen-bond donors (Lipinski definition) is 1. The number of ether oxygens (including phenoxy) is 2. The van der Waals surface area contributed by atoms with E-state index in [2.05, 4.69) is 47.4 Å². The predicted molar refractivity (Wildman–Crippen MR) is 124 cm³/mol. The van der Waals surface area contributed by atoms with Crippen molar-refractivity contribution in [3.8, 4) is 11.6 Å². The molecule has 0 amide bonds. The number of allylic oxidation sites excluding steroid dienone is 1. The van der Waals surface area contributed by atoms with E-state index in [0.717, 1.165) is 25.1 Å². The molecular formula is C24H32ClN3O3. The van der Waals surface area contributed by atoms with Gasteiger partial charge in [-0.05, 0) is 50.8 Å². The Morgan fingerprint density at radius 3 is 2.68 bits per heavy atom. The molecule has 1 aliphatic rings. The first-order chi connectivity index (χ1) is 14.6. The zero-order valence-electron chi connectivity index (χ0n) is 18.8. The first kappa shape index (κ1) is 23.4. The fourth-order valence-electron chi connectivity index (χ4n) is 3.64. The summed E-state index contributed by atoms with van der Waals surface area (Å²) in [4.78, 5) is 10.5. The Labute approximate surface area is 189 Å². The van der Waals surface area contributed by atoms with Gasteiger partial charge in [0.1, 0.15) is 29.8 Å². The van der Waals surface area contributed by atoms with Gasteiger partial charge in [0.2, 0.25) is 5.88 Å². The van der Waals surface area contributed by atoms with Crippen LogP contribution in [0.5, 0.6) is 11.6 Å². The summed E-state index contributed by atoms with van der Waals surface area (Å²) in [6.45, 7) is 13.2. The normalized spacial score (nSPS) is 17.5. The quantitative estimate of drug-likeness (QED) is 0.547. The third kappa shape index (κ3) is 6.58. The second-order valence-electron chi connectivity index (χ2n) is 9.02. The van der Waals surface area contributed by atoms with E-state index in [9.17, 15) is 5.11 Å². The fourth-order valence-corrected chi connectivity index (χ4v) is 3.91. The van der Waals surface area contributed by atoms with Gasteiger partial charge in [-0.1, -0.05) is 36.2 Å². The van der Waals surface area contributed by atoms with Crippen molar-refractivity contribution < 1.29 is 14.6 Å². The lowest BCUT2D eigenvalue weighted by Gasteiger charge is -2.21. The van der Waals surface area contributed by atoms with Gasteiger partial charge in [-0.15, -0.1) is 6.58 Å². The first-order valence-corrected chi connectivity index (χ1v) is 11.0. The van der Waals surface area contributed by atoms with Gasteiger partial charge in [0.05, 0.1) is 12.1 Å². The highest BCUT2D eigenvalue weighted by Gasteiger charge is 2.28. The third-order valence-corrected chi connectivity index (χ3v) is 5.48. The van der Waals surface area contributed by atoms with Crippen LogP contribution in [0.4, 0.5) is 5.82 Å². The Bertz CT molecular complexity index is 896. The second kappa shape index (κ2) is 9.88. The average molecular weight is 446 g/mol. The Balaban J connectivity index is 1.60. The van der Waals surface area contributed by atoms with Crippen LogP contribution in [-0.4, -0.2) is 46.5 Å². The molecule has 1 unspecified atom stereocenters. The smallest absolute Gasteiger partial charge is 0.238 e. The molecule has 1 aliphatic heterocycles. The molecule has 3 rings (SSSR count). The summed E-state index contributed by atoms with van der Waals surface area (Å²) in [5.74, 6) is 2.21. The fraction of sp³-hybridized carbons (Fsp3) is 0.500. The van der Waals surface area contributed by atoms with E-state index in [1.165, 1.54) is 17.5 Å². The van der Waals surface area contributed by atoms with Crippen LogP contribution in [0, 0.1) is 0 Å². The third-order valence-electron chi connectivity index (χ3n) is 5.15. The largest absolute Gasteiger partial charge is 0.489 e. The van der Waals surface area contributed by atoms with E-state index in [1.807, 2.05) is 12.1 Å². The lowest BCUT2D eigenvalue weighted by atomic mass is 9.95. The van der Waals surface area contributed by atoms with Crippen LogP contribution >= 0.6 is 11.6 Å². The molecule has 0 bridgehead atoms. The van der Waals surface area contributed by atoms with Crippen molar-refractivity contribution in [3.05, 3.63) is 53.3 Å². The SMILES string of the molecule is C=C(C)C[C@@H](C)c1ccc(OC2CCN(c3ncnc(OCC(C)(C)O)c3Cl)C2)cc1. The van der Waals surface area contributed by atoms with E-state index in [0.29, 0.717) is 23.3 Å². The van der Waals surface area contributed by atoms with Crippen LogP contribution in [0.3, 0.4) is 0 Å². The summed E-state index contributed by atoms with van der Waals surface area (Å²) in [6, 6.07) is 8.33. The molecule has 0 saturated carbocycles. The number of aromatic nitrogens is 2. The minimum atomic E-state index is -0.973. The van der Waals surface area contributed by atoms with Crippen LogP contribution in [0.2, 0.25) is 5.02 Å². The molecule has 2 heterocycles. The number of halogens is 1. The van der Waals surface area contributed by atoms with E-state index < -0.39 is 5.60 Å². The summed E-state index contributed by atoms with van der Waals surface area (Å²) in [5.41, 5.74) is 1.50. The second-order valence-corrected chi connectivity index (χ2v) is 9.40. The summed E-state index contributed by atoms with van der Waals surface area (Å²) in [7, 11) is 0. The minimum absolute atomic E-state index is 0.0467. The van der Waals surface area contributed by atoms with Gasteiger partial charge in [-0.3, -0.25) is 0 Å². The summed E-state index contributed by atoms with van der Waals surface area (Å²) < 4.78 is 11.8. The predicted octanol–water partition coefficient (Wildman–Crippen LogP) is 5.01. The summed E-state index contributed by atoms with van der Waals surface area (Å²) in [5, 5.41) is 10.2. The number of nitrogens with zero attached hydrogens (tertiary/aromatic N) is 3. The molecule has 168 valence electrons. The van der Waals surface area contributed by atoms with Gasteiger partial charge in [-0.2, -0.15) is 0 Å². The lowest BCUT2D eigenvalue weighted by Crippen LogP contribution is -2.29. The monoisotopic (exact) mass is 445 g/mol. The van der Waals surface area contributed by atoms with Crippen molar-refractivity contribution in [3.63, 3.8) is 0 Å². The van der Waals surface area contributed by atoms with Crippen molar-refractivity contribution in [2.75, 3.05) is 24.6 Å². The molecule has 31 heavy (non-hydrogen) atoms. The number of hydrogen-bond acceptors (Lipinski definition) is 6. The van der Waals surface area contributed by atoms with Crippen molar-refractivity contribution in [2.45, 2.75) is 58.2 Å². The van der Waals surface area contributed by atoms with Crippen molar-refractivity contribution in [2.24, 2.45) is 0 Å². The molecule has 1 aromatic heterocycles. The van der Waals surface area contributed by atoms with Gasteiger partial charge in [0.15, 0.2) is 5.82 Å². The topological polar surface area (TPSA) is 67.7 Å². The highest BCUT2D eigenvalue weighted by atomic mass is 35.5. The molecule has 6 nitrogen and oxygen atoms in total. The van der Waals surface area contributed by atoms with Crippen LogP contribution in [0.25, 0.3) is 0 Å². The maximum atomic E-state index is 9.87. The molecule has 1 fully saturated rings. The van der Waals surface area contributed by atoms with Crippen LogP contribution in [0.15, 0.2) is 42.7 Å². The number of anilines is 1. The first-order valence-electron chi connectivity index (χ1n) is 10.6. The molecule has 1 aromatic carbocycles. The van der Waals surface area contributed by atoms with Gasteiger partial charge in [0.25, 0.3) is 0 Å². The Kier molecular flexibility index (Phi) is 7.44. The number of benzene rings is 1. The van der Waals surface area contributed by atoms with Crippen LogP contribution < -0.4 is 14.4 Å². The molecule has 1 saturated heterocycles. The standard InChI is InChI=1S/C24H32ClN3O3/c1-16(2)12-17(3)18-6-8-19(9-7-18)31-20-10-11-28(13-20)22-21(25)23(27-15-26-22)30-14-24(4,5)29/h6-9,15,17,20,29H,1,10-14H2,2-5H3/t17-,20?/m1/s1. The van der Waals surface area contributed by atoms with Crippen molar-refractivity contribution >= 4 is 17.4 Å². The Morgan fingerprint density at radius 1 is 1.32 bits per heavy atom. The summed E-state index contributed by atoms with van der Waals surface area (Å²) >= 11 is 6.49. The molecule has 7 heteroatoms. The van der Waals surface area contributed by atoms with Crippen LogP contribution in [-0.2, 0) is 0 Å². The Hall–Kier alpha value is -2.31. The molecule has 1 N–H and O–H groups in total. The highest BCUT2D eigenvalue weighted by Crippen LogP contribution is 2.33. The van der Waals surface area contributed by atoms with Crippen LogP contribution in [0.1, 0.15) is 52.0 Å². The van der Waals surface area contributed by atoms with Gasteiger partial charge >= 0.3 is 0 Å². The number of aliphatic hydroxyl groups is 1.